The van der Waals surface area contributed by atoms with Gasteiger partial charge in [-0.25, -0.2) is 5.43 Å². The molecule has 9 nitrogen and oxygen atoms in total. The van der Waals surface area contributed by atoms with E-state index in [2.05, 4.69) is 15.8 Å². The van der Waals surface area contributed by atoms with Crippen molar-refractivity contribution in [3.8, 4) is 5.75 Å². The highest BCUT2D eigenvalue weighted by molar-refractivity contribution is 6.35. The van der Waals surface area contributed by atoms with Gasteiger partial charge in [0.1, 0.15) is 16.8 Å². The zero-order chi connectivity index (χ0) is 25.4. The second kappa shape index (κ2) is 12.5. The molecular weight excluding hydrogens is 507 g/mol. The number of rotatable bonds is 10. The molecule has 0 spiro atoms. The van der Waals surface area contributed by atoms with Crippen molar-refractivity contribution in [3.63, 3.8) is 0 Å². The van der Waals surface area contributed by atoms with E-state index in [1.54, 1.807) is 12.1 Å². The van der Waals surface area contributed by atoms with Crippen molar-refractivity contribution < 1.29 is 19.2 Å². The fourth-order valence-corrected chi connectivity index (χ4v) is 3.44. The van der Waals surface area contributed by atoms with Crippen molar-refractivity contribution in [1.29, 1.82) is 0 Å². The third-order valence-corrected chi connectivity index (χ3v) is 5.31. The van der Waals surface area contributed by atoms with Crippen LogP contribution in [-0.4, -0.2) is 35.1 Å². The molecule has 34 heavy (non-hydrogen) atoms. The van der Waals surface area contributed by atoms with E-state index < -0.39 is 28.9 Å². The highest BCUT2D eigenvalue weighted by Crippen LogP contribution is 2.28. The number of halogens is 3. The van der Waals surface area contributed by atoms with Gasteiger partial charge in [-0.3, -0.25) is 19.7 Å². The minimum atomic E-state index is -0.945. The number of nitrogens with zero attached hydrogens (tertiary/aromatic N) is 2. The molecule has 12 heteroatoms. The summed E-state index contributed by atoms with van der Waals surface area (Å²) in [6.07, 6.45) is 0.636. The van der Waals surface area contributed by atoms with Crippen LogP contribution in [0.4, 0.5) is 5.69 Å². The Kier molecular flexibility index (Phi) is 10.1. The Morgan fingerprint density at radius 1 is 1.09 bits per heavy atom. The van der Waals surface area contributed by atoms with Gasteiger partial charge in [-0.15, -0.1) is 0 Å². The number of carbonyl (C=O) groups is 2. The quantitative estimate of drug-likeness (QED) is 0.255. The summed E-state index contributed by atoms with van der Waals surface area (Å²) in [6.45, 7) is 5.32. The largest absolute Gasteiger partial charge is 0.479 e. The summed E-state index contributed by atoms with van der Waals surface area (Å²) in [4.78, 5) is 35.7. The number of benzene rings is 2. The molecule has 0 saturated carbocycles. The number of hydrogen-bond acceptors (Lipinski definition) is 6. The third kappa shape index (κ3) is 8.16. The number of hydrogen-bond donors (Lipinski definition) is 2. The monoisotopic (exact) mass is 528 g/mol. The van der Waals surface area contributed by atoms with Gasteiger partial charge in [0.2, 0.25) is 0 Å². The Bertz CT molecular complexity index is 1090. The maximum Gasteiger partial charge on any atom is 0.288 e. The number of carbonyl (C=O) groups excluding carboxylic acids is 2. The van der Waals surface area contributed by atoms with Crippen molar-refractivity contribution in [2.24, 2.45) is 11.0 Å². The molecule has 0 heterocycles. The van der Waals surface area contributed by atoms with Gasteiger partial charge < -0.3 is 10.1 Å². The molecule has 0 fully saturated rings. The summed E-state index contributed by atoms with van der Waals surface area (Å²) >= 11 is 17.7. The molecule has 0 bridgehead atoms. The van der Waals surface area contributed by atoms with Crippen LogP contribution in [0.1, 0.15) is 32.8 Å². The summed E-state index contributed by atoms with van der Waals surface area (Å²) in [6, 6.07) is 7.82. The van der Waals surface area contributed by atoms with Gasteiger partial charge in [-0.2, -0.15) is 5.10 Å². The first-order valence-electron chi connectivity index (χ1n) is 10.2. The van der Waals surface area contributed by atoms with Gasteiger partial charge in [0, 0.05) is 16.7 Å². The molecular formula is C22H23Cl3N4O5. The van der Waals surface area contributed by atoms with Crippen molar-refractivity contribution in [3.05, 3.63) is 67.1 Å². The summed E-state index contributed by atoms with van der Waals surface area (Å²) in [5.74, 6) is -0.719. The van der Waals surface area contributed by atoms with E-state index in [1.165, 1.54) is 37.4 Å². The second-order valence-electron chi connectivity index (χ2n) is 7.73. The molecule has 0 radical (unpaired) electrons. The van der Waals surface area contributed by atoms with Crippen molar-refractivity contribution in [2.45, 2.75) is 39.3 Å². The highest BCUT2D eigenvalue weighted by atomic mass is 35.5. The predicted octanol–water partition coefficient (Wildman–Crippen LogP) is 5.00. The molecule has 0 aliphatic carbocycles. The van der Waals surface area contributed by atoms with E-state index in [9.17, 15) is 19.7 Å². The van der Waals surface area contributed by atoms with Crippen molar-refractivity contribution in [2.75, 3.05) is 0 Å². The fraction of sp³-hybridized carbons (Fsp3) is 0.318. The number of nitro groups is 1. The van der Waals surface area contributed by atoms with Crippen molar-refractivity contribution in [1.82, 2.24) is 10.7 Å². The lowest BCUT2D eigenvalue weighted by atomic mass is 10.0. The van der Waals surface area contributed by atoms with E-state index in [0.717, 1.165) is 0 Å². The minimum Gasteiger partial charge on any atom is -0.479 e. The smallest absolute Gasteiger partial charge is 0.288 e. The van der Waals surface area contributed by atoms with Gasteiger partial charge >= 0.3 is 0 Å². The van der Waals surface area contributed by atoms with E-state index in [1.807, 2.05) is 13.8 Å². The van der Waals surface area contributed by atoms with E-state index in [4.69, 9.17) is 39.5 Å². The zero-order valence-corrected chi connectivity index (χ0v) is 20.8. The first-order valence-corrected chi connectivity index (χ1v) is 11.3. The van der Waals surface area contributed by atoms with Gasteiger partial charge in [0.15, 0.2) is 6.10 Å². The van der Waals surface area contributed by atoms with E-state index in [-0.39, 0.29) is 27.4 Å². The molecule has 2 aromatic rings. The number of ether oxygens (including phenoxy) is 1. The van der Waals surface area contributed by atoms with Crippen LogP contribution in [0, 0.1) is 16.0 Å². The Morgan fingerprint density at radius 3 is 2.41 bits per heavy atom. The summed E-state index contributed by atoms with van der Waals surface area (Å²) in [5.41, 5.74) is 2.43. The molecule has 0 aromatic heterocycles. The average Bonchev–Trinajstić information content (AvgIpc) is 2.75. The van der Waals surface area contributed by atoms with Gasteiger partial charge in [-0.05, 0) is 43.5 Å². The van der Waals surface area contributed by atoms with E-state index >= 15 is 0 Å². The van der Waals surface area contributed by atoms with Crippen LogP contribution in [0.15, 0.2) is 41.5 Å². The molecule has 2 rings (SSSR count). The maximum atomic E-state index is 12.7. The minimum absolute atomic E-state index is 0.0119. The lowest BCUT2D eigenvalue weighted by Crippen LogP contribution is -2.49. The van der Waals surface area contributed by atoms with Crippen LogP contribution in [0.3, 0.4) is 0 Å². The normalized spacial score (nSPS) is 12.9. The predicted molar refractivity (Wildman–Crippen MR) is 132 cm³/mol. The second-order valence-corrected chi connectivity index (χ2v) is 8.98. The molecule has 0 aliphatic rings. The fourth-order valence-electron chi connectivity index (χ4n) is 2.81. The average molecular weight is 530 g/mol. The SMILES string of the molecule is CC(C)C[C@@H](NC(=O)[C@@H](C)Oc1ccc(Cl)cc1Cl)C(=O)N/N=C\c1ccc(Cl)c([N+](=O)[O-])c1. The summed E-state index contributed by atoms with van der Waals surface area (Å²) in [5, 5.41) is 18.2. The standard InChI is InChI=1S/C22H23Cl3N4O5/c1-12(2)8-18(27-21(30)13(3)34-20-7-5-15(23)10-17(20)25)22(31)28-26-11-14-4-6-16(24)19(9-14)29(32)33/h4-7,9-13,18H,8H2,1-3H3,(H,27,30)(H,28,31)/b26-11-/t13-,18-/m1/s1. The molecule has 2 N–H and O–H groups in total. The lowest BCUT2D eigenvalue weighted by molar-refractivity contribution is -0.384. The first kappa shape index (κ1) is 27.4. The van der Waals surface area contributed by atoms with Crippen LogP contribution in [-0.2, 0) is 9.59 Å². The molecule has 0 saturated heterocycles. The summed E-state index contributed by atoms with van der Waals surface area (Å²) in [7, 11) is 0. The Labute approximate surface area is 211 Å². The number of amides is 2. The number of nitro benzene ring substituents is 1. The highest BCUT2D eigenvalue weighted by Gasteiger charge is 2.25. The van der Waals surface area contributed by atoms with Crippen LogP contribution in [0.5, 0.6) is 5.75 Å². The number of nitrogens with one attached hydrogen (secondary N) is 2. The van der Waals surface area contributed by atoms with Crippen LogP contribution in [0.25, 0.3) is 0 Å². The van der Waals surface area contributed by atoms with Crippen LogP contribution >= 0.6 is 34.8 Å². The molecule has 182 valence electrons. The van der Waals surface area contributed by atoms with E-state index in [0.29, 0.717) is 17.0 Å². The molecule has 2 atom stereocenters. The number of hydrazone groups is 1. The van der Waals surface area contributed by atoms with Crippen molar-refractivity contribution >= 4 is 58.5 Å². The summed E-state index contributed by atoms with van der Waals surface area (Å²) < 4.78 is 5.60. The first-order chi connectivity index (χ1) is 16.0. The maximum absolute atomic E-state index is 12.7. The third-order valence-electron chi connectivity index (χ3n) is 4.46. The van der Waals surface area contributed by atoms with Gasteiger partial charge in [0.25, 0.3) is 17.5 Å². The Morgan fingerprint density at radius 2 is 1.79 bits per heavy atom. The zero-order valence-electron chi connectivity index (χ0n) is 18.6. The molecule has 2 aromatic carbocycles. The molecule has 2 amide bonds. The molecule has 0 aliphatic heterocycles. The van der Waals surface area contributed by atoms with Crippen LogP contribution in [0.2, 0.25) is 15.1 Å². The van der Waals surface area contributed by atoms with Crippen LogP contribution < -0.4 is 15.5 Å². The van der Waals surface area contributed by atoms with Gasteiger partial charge in [0.05, 0.1) is 16.2 Å². The van der Waals surface area contributed by atoms with Gasteiger partial charge in [-0.1, -0.05) is 54.7 Å². The Balaban J connectivity index is 2.04. The Hall–Kier alpha value is -2.88. The topological polar surface area (TPSA) is 123 Å². The molecule has 0 unspecified atom stereocenters. The lowest BCUT2D eigenvalue weighted by Gasteiger charge is -2.22.